The third-order valence-electron chi connectivity index (χ3n) is 3.42. The molecular weight excluding hydrogens is 314 g/mol. The first-order valence-corrected chi connectivity index (χ1v) is 7.79. The van der Waals surface area contributed by atoms with Crippen molar-refractivity contribution in [1.29, 1.82) is 0 Å². The van der Waals surface area contributed by atoms with E-state index in [1.165, 1.54) is 6.20 Å². The molecule has 0 aliphatic rings. The number of methoxy groups -OCH3 is 1. The molecule has 0 N–H and O–H groups in total. The minimum Gasteiger partial charge on any atom is -0.383 e. The van der Waals surface area contributed by atoms with Crippen LogP contribution in [0.1, 0.15) is 35.7 Å². The third-order valence-corrected chi connectivity index (χ3v) is 3.61. The van der Waals surface area contributed by atoms with E-state index in [4.69, 9.17) is 16.3 Å². The highest BCUT2D eigenvalue weighted by Crippen LogP contribution is 2.24. The van der Waals surface area contributed by atoms with E-state index in [1.807, 2.05) is 12.1 Å². The van der Waals surface area contributed by atoms with E-state index in [-0.39, 0.29) is 11.8 Å². The fourth-order valence-corrected chi connectivity index (χ4v) is 2.33. The van der Waals surface area contributed by atoms with E-state index < -0.39 is 0 Å². The van der Waals surface area contributed by atoms with Crippen molar-refractivity contribution in [2.45, 2.75) is 19.8 Å². The average molecular weight is 334 g/mol. The van der Waals surface area contributed by atoms with Gasteiger partial charge in [0.1, 0.15) is 11.0 Å². The topological polar surface area (TPSA) is 55.3 Å². The summed E-state index contributed by atoms with van der Waals surface area (Å²) in [4.78, 5) is 22.7. The Kier molecular flexibility index (Phi) is 6.07. The Balaban J connectivity index is 2.40. The predicted molar refractivity (Wildman–Crippen MR) is 91.1 cm³/mol. The lowest BCUT2D eigenvalue weighted by molar-refractivity contribution is 0.0974. The molecule has 2 heterocycles. The molecule has 5 nitrogen and oxygen atoms in total. The average Bonchev–Trinajstić information content (AvgIpc) is 2.55. The van der Waals surface area contributed by atoms with Crippen LogP contribution in [0, 0.1) is 0 Å². The van der Waals surface area contributed by atoms with Crippen LogP contribution in [0.2, 0.25) is 5.15 Å². The standard InChI is InChI=1S/C17H20ClN3O2/c1-12(2)14-9-15(18)20-16(10-14)21(7-8-23-3)17(22)13-5-4-6-19-11-13/h4-6,9-12H,7-8H2,1-3H3. The smallest absolute Gasteiger partial charge is 0.261 e. The predicted octanol–water partition coefficient (Wildman–Crippen LogP) is 3.55. The van der Waals surface area contributed by atoms with Gasteiger partial charge in [0, 0.05) is 19.5 Å². The number of pyridine rings is 2. The van der Waals surface area contributed by atoms with Gasteiger partial charge >= 0.3 is 0 Å². The minimum atomic E-state index is -0.181. The largest absolute Gasteiger partial charge is 0.383 e. The summed E-state index contributed by atoms with van der Waals surface area (Å²) in [7, 11) is 1.59. The lowest BCUT2D eigenvalue weighted by Gasteiger charge is -2.22. The molecule has 0 atom stereocenters. The number of carbonyl (C=O) groups excluding carboxylic acids is 1. The molecule has 0 fully saturated rings. The Labute approximate surface area is 141 Å². The number of rotatable bonds is 6. The van der Waals surface area contributed by atoms with Gasteiger partial charge in [-0.05, 0) is 35.7 Å². The lowest BCUT2D eigenvalue weighted by atomic mass is 10.0. The van der Waals surface area contributed by atoms with Crippen molar-refractivity contribution < 1.29 is 9.53 Å². The van der Waals surface area contributed by atoms with Gasteiger partial charge in [0.2, 0.25) is 0 Å². The van der Waals surface area contributed by atoms with Crippen molar-refractivity contribution in [3.63, 3.8) is 0 Å². The van der Waals surface area contributed by atoms with Crippen LogP contribution in [-0.2, 0) is 4.74 Å². The molecule has 0 aromatic carbocycles. The highest BCUT2D eigenvalue weighted by molar-refractivity contribution is 6.29. The molecular formula is C17H20ClN3O2. The summed E-state index contributed by atoms with van der Waals surface area (Å²) in [6, 6.07) is 7.16. The second-order valence-corrected chi connectivity index (χ2v) is 5.81. The van der Waals surface area contributed by atoms with Crippen LogP contribution in [-0.4, -0.2) is 36.1 Å². The first kappa shape index (κ1) is 17.4. The number of anilines is 1. The Morgan fingerprint density at radius 3 is 2.78 bits per heavy atom. The SMILES string of the molecule is COCCN(C(=O)c1cccnc1)c1cc(C(C)C)cc(Cl)n1. The summed E-state index contributed by atoms with van der Waals surface area (Å²) >= 11 is 6.13. The number of hydrogen-bond acceptors (Lipinski definition) is 4. The molecule has 23 heavy (non-hydrogen) atoms. The van der Waals surface area contributed by atoms with Crippen molar-refractivity contribution in [1.82, 2.24) is 9.97 Å². The maximum atomic E-state index is 12.8. The Morgan fingerprint density at radius 1 is 1.39 bits per heavy atom. The van der Waals surface area contributed by atoms with Gasteiger partial charge in [0.15, 0.2) is 0 Å². The van der Waals surface area contributed by atoms with Gasteiger partial charge in [0.25, 0.3) is 5.91 Å². The highest BCUT2D eigenvalue weighted by atomic mass is 35.5. The quantitative estimate of drug-likeness (QED) is 0.759. The molecule has 0 bridgehead atoms. The highest BCUT2D eigenvalue weighted by Gasteiger charge is 2.20. The molecule has 0 saturated carbocycles. The Bertz CT molecular complexity index is 662. The van der Waals surface area contributed by atoms with Crippen molar-refractivity contribution in [2.24, 2.45) is 0 Å². The van der Waals surface area contributed by atoms with Crippen LogP contribution in [0.3, 0.4) is 0 Å². The summed E-state index contributed by atoms with van der Waals surface area (Å²) in [5.41, 5.74) is 1.53. The molecule has 2 aromatic heterocycles. The van der Waals surface area contributed by atoms with Crippen LogP contribution in [0.25, 0.3) is 0 Å². The van der Waals surface area contributed by atoms with Gasteiger partial charge in [-0.15, -0.1) is 0 Å². The van der Waals surface area contributed by atoms with E-state index in [0.717, 1.165) is 5.56 Å². The zero-order valence-electron chi connectivity index (χ0n) is 13.5. The summed E-state index contributed by atoms with van der Waals surface area (Å²) in [6.07, 6.45) is 3.17. The van der Waals surface area contributed by atoms with Crippen LogP contribution >= 0.6 is 11.6 Å². The van der Waals surface area contributed by atoms with Gasteiger partial charge in [-0.25, -0.2) is 4.98 Å². The number of amides is 1. The van der Waals surface area contributed by atoms with Crippen LogP contribution in [0.5, 0.6) is 0 Å². The van der Waals surface area contributed by atoms with E-state index in [2.05, 4.69) is 23.8 Å². The summed E-state index contributed by atoms with van der Waals surface area (Å²) in [5, 5.41) is 0.368. The van der Waals surface area contributed by atoms with Crippen molar-refractivity contribution >= 4 is 23.3 Å². The molecule has 1 amide bonds. The zero-order valence-corrected chi connectivity index (χ0v) is 14.2. The molecule has 6 heteroatoms. The normalized spacial score (nSPS) is 10.8. The molecule has 0 saturated heterocycles. The van der Waals surface area contributed by atoms with Gasteiger partial charge in [-0.1, -0.05) is 25.4 Å². The minimum absolute atomic E-state index is 0.181. The molecule has 0 aliphatic carbocycles. The lowest BCUT2D eigenvalue weighted by Crippen LogP contribution is -2.34. The van der Waals surface area contributed by atoms with Crippen LogP contribution in [0.4, 0.5) is 5.82 Å². The number of carbonyl (C=O) groups is 1. The molecule has 122 valence electrons. The summed E-state index contributed by atoms with van der Waals surface area (Å²) < 4.78 is 5.12. The maximum absolute atomic E-state index is 12.8. The summed E-state index contributed by atoms with van der Waals surface area (Å²) in [5.74, 6) is 0.624. The first-order valence-electron chi connectivity index (χ1n) is 7.41. The number of aromatic nitrogens is 2. The van der Waals surface area contributed by atoms with Gasteiger partial charge < -0.3 is 4.74 Å². The fourth-order valence-electron chi connectivity index (χ4n) is 2.12. The van der Waals surface area contributed by atoms with Gasteiger partial charge in [0.05, 0.1) is 18.7 Å². The van der Waals surface area contributed by atoms with Crippen molar-refractivity contribution in [3.8, 4) is 0 Å². The number of nitrogens with zero attached hydrogens (tertiary/aromatic N) is 3. The van der Waals surface area contributed by atoms with Gasteiger partial charge in [-0.2, -0.15) is 0 Å². The van der Waals surface area contributed by atoms with Gasteiger partial charge in [-0.3, -0.25) is 14.7 Å². The van der Waals surface area contributed by atoms with Crippen molar-refractivity contribution in [3.05, 3.63) is 52.9 Å². The molecule has 2 rings (SSSR count). The summed E-state index contributed by atoms with van der Waals surface area (Å²) in [6.45, 7) is 4.92. The van der Waals surface area contributed by atoms with E-state index >= 15 is 0 Å². The Morgan fingerprint density at radius 2 is 2.17 bits per heavy atom. The second kappa shape index (κ2) is 8.04. The Hall–Kier alpha value is -1.98. The number of ether oxygens (including phenoxy) is 1. The van der Waals surface area contributed by atoms with Crippen LogP contribution in [0.15, 0.2) is 36.7 Å². The molecule has 0 aliphatic heterocycles. The van der Waals surface area contributed by atoms with E-state index in [9.17, 15) is 4.79 Å². The molecule has 0 unspecified atom stereocenters. The van der Waals surface area contributed by atoms with E-state index in [1.54, 1.807) is 30.3 Å². The molecule has 0 spiro atoms. The molecule has 2 aromatic rings. The second-order valence-electron chi connectivity index (χ2n) is 5.43. The van der Waals surface area contributed by atoms with Crippen LogP contribution < -0.4 is 4.90 Å². The van der Waals surface area contributed by atoms with E-state index in [0.29, 0.717) is 29.7 Å². The van der Waals surface area contributed by atoms with Crippen molar-refractivity contribution in [2.75, 3.05) is 25.2 Å². The third kappa shape index (κ3) is 4.50. The first-order chi connectivity index (χ1) is 11.0. The number of hydrogen-bond donors (Lipinski definition) is 0. The maximum Gasteiger partial charge on any atom is 0.261 e. The fraction of sp³-hybridized carbons (Fsp3) is 0.353. The zero-order chi connectivity index (χ0) is 16.8. The monoisotopic (exact) mass is 333 g/mol. The molecule has 0 radical (unpaired) electrons. The number of halogens is 1.